The first-order valence-corrected chi connectivity index (χ1v) is 8.66. The van der Waals surface area contributed by atoms with E-state index in [1.807, 2.05) is 50.2 Å². The fourth-order valence-electron chi connectivity index (χ4n) is 3.34. The molecule has 0 bridgehead atoms. The van der Waals surface area contributed by atoms with Gasteiger partial charge in [-0.05, 0) is 37.5 Å². The van der Waals surface area contributed by atoms with Crippen molar-refractivity contribution in [2.45, 2.75) is 31.8 Å². The SMILES string of the molecule is CC(C)(C(=O)CN)c1ccc2c(c1)OCC(Cc1ccccc1)C2O. The van der Waals surface area contributed by atoms with E-state index in [1.54, 1.807) is 0 Å². The number of fused-ring (bicyclic) bond motifs is 1. The Labute approximate surface area is 148 Å². The van der Waals surface area contributed by atoms with Gasteiger partial charge in [0.2, 0.25) is 0 Å². The molecule has 0 spiro atoms. The van der Waals surface area contributed by atoms with Crippen LogP contribution in [0.2, 0.25) is 0 Å². The lowest BCUT2D eigenvalue weighted by molar-refractivity contribution is -0.122. The number of carbonyl (C=O) groups excluding carboxylic acids is 1. The second-order valence-corrected chi connectivity index (χ2v) is 7.21. The van der Waals surface area contributed by atoms with Crippen molar-refractivity contribution in [3.05, 3.63) is 65.2 Å². The molecule has 1 aliphatic heterocycles. The van der Waals surface area contributed by atoms with Gasteiger partial charge in [0.15, 0.2) is 5.78 Å². The van der Waals surface area contributed by atoms with Gasteiger partial charge in [-0.25, -0.2) is 0 Å². The summed E-state index contributed by atoms with van der Waals surface area (Å²) in [6, 6.07) is 15.7. The summed E-state index contributed by atoms with van der Waals surface area (Å²) in [6.07, 6.45) is 0.187. The van der Waals surface area contributed by atoms with Gasteiger partial charge >= 0.3 is 0 Å². The van der Waals surface area contributed by atoms with Gasteiger partial charge in [0, 0.05) is 16.9 Å². The number of aliphatic hydroxyl groups is 1. The minimum Gasteiger partial charge on any atom is -0.493 e. The molecule has 0 saturated heterocycles. The number of aliphatic hydroxyl groups excluding tert-OH is 1. The van der Waals surface area contributed by atoms with Gasteiger partial charge < -0.3 is 15.6 Å². The lowest BCUT2D eigenvalue weighted by atomic mass is 9.79. The van der Waals surface area contributed by atoms with E-state index in [1.165, 1.54) is 5.56 Å². The van der Waals surface area contributed by atoms with Crippen LogP contribution < -0.4 is 10.5 Å². The van der Waals surface area contributed by atoms with Gasteiger partial charge in [-0.15, -0.1) is 0 Å². The van der Waals surface area contributed by atoms with Gasteiger partial charge in [-0.2, -0.15) is 0 Å². The number of ketones is 1. The fourth-order valence-corrected chi connectivity index (χ4v) is 3.34. The summed E-state index contributed by atoms with van der Waals surface area (Å²) in [5.74, 6) is 0.650. The molecule has 0 radical (unpaired) electrons. The molecule has 3 N–H and O–H groups in total. The summed E-state index contributed by atoms with van der Waals surface area (Å²) in [5, 5.41) is 10.8. The Morgan fingerprint density at radius 1 is 1.24 bits per heavy atom. The van der Waals surface area contributed by atoms with E-state index in [0.717, 1.165) is 17.5 Å². The molecule has 0 amide bonds. The van der Waals surface area contributed by atoms with Crippen LogP contribution >= 0.6 is 0 Å². The second-order valence-electron chi connectivity index (χ2n) is 7.21. The van der Waals surface area contributed by atoms with Crippen LogP contribution in [0.15, 0.2) is 48.5 Å². The van der Waals surface area contributed by atoms with Crippen LogP contribution in [0.5, 0.6) is 5.75 Å². The first kappa shape index (κ1) is 17.6. The molecule has 2 aromatic carbocycles. The zero-order valence-corrected chi connectivity index (χ0v) is 14.7. The molecule has 0 saturated carbocycles. The van der Waals surface area contributed by atoms with Crippen molar-refractivity contribution in [2.75, 3.05) is 13.2 Å². The highest BCUT2D eigenvalue weighted by Crippen LogP contribution is 2.39. The Hall–Kier alpha value is -2.17. The molecular formula is C21H25NO3. The molecule has 2 aromatic rings. The Balaban J connectivity index is 1.83. The summed E-state index contributed by atoms with van der Waals surface area (Å²) in [7, 11) is 0. The van der Waals surface area contributed by atoms with Crippen LogP contribution in [0.4, 0.5) is 0 Å². The van der Waals surface area contributed by atoms with E-state index in [-0.39, 0.29) is 18.2 Å². The van der Waals surface area contributed by atoms with E-state index in [0.29, 0.717) is 12.4 Å². The third-order valence-corrected chi connectivity index (χ3v) is 5.18. The van der Waals surface area contributed by atoms with Gasteiger partial charge in [-0.3, -0.25) is 4.79 Å². The predicted octanol–water partition coefficient (Wildman–Crippen LogP) is 2.78. The number of carbonyl (C=O) groups is 1. The molecule has 132 valence electrons. The maximum atomic E-state index is 12.1. The van der Waals surface area contributed by atoms with Crippen LogP contribution in [-0.2, 0) is 16.6 Å². The number of nitrogens with two attached hydrogens (primary N) is 1. The Morgan fingerprint density at radius 3 is 2.64 bits per heavy atom. The Morgan fingerprint density at radius 2 is 1.96 bits per heavy atom. The van der Waals surface area contributed by atoms with Crippen molar-refractivity contribution < 1.29 is 14.6 Å². The van der Waals surface area contributed by atoms with Crippen LogP contribution in [0.3, 0.4) is 0 Å². The average molecular weight is 339 g/mol. The zero-order chi connectivity index (χ0) is 18.0. The van der Waals surface area contributed by atoms with Gasteiger partial charge in [0.05, 0.1) is 19.3 Å². The summed E-state index contributed by atoms with van der Waals surface area (Å²) >= 11 is 0. The maximum absolute atomic E-state index is 12.1. The lowest BCUT2D eigenvalue weighted by Crippen LogP contribution is -2.35. The molecule has 4 heteroatoms. The van der Waals surface area contributed by atoms with Crippen molar-refractivity contribution in [1.82, 2.24) is 0 Å². The molecule has 1 aliphatic rings. The standard InChI is InChI=1S/C21H25NO3/c1-21(2,19(23)12-22)16-8-9-17-18(11-16)25-13-15(20(17)24)10-14-6-4-3-5-7-14/h3-9,11,15,20,24H,10,12-13,22H2,1-2H3. The van der Waals surface area contributed by atoms with E-state index in [2.05, 4.69) is 12.1 Å². The van der Waals surface area contributed by atoms with Crippen molar-refractivity contribution >= 4 is 5.78 Å². The Bertz CT molecular complexity index is 755. The zero-order valence-electron chi connectivity index (χ0n) is 14.7. The predicted molar refractivity (Wildman–Crippen MR) is 97.6 cm³/mol. The van der Waals surface area contributed by atoms with Gasteiger partial charge in [0.25, 0.3) is 0 Å². The minimum atomic E-state index is -0.668. The summed E-state index contributed by atoms with van der Waals surface area (Å²) in [5.41, 5.74) is 7.68. The maximum Gasteiger partial charge on any atom is 0.156 e. The molecule has 3 rings (SSSR count). The fraction of sp³-hybridized carbons (Fsp3) is 0.381. The second kappa shape index (κ2) is 6.98. The molecule has 1 heterocycles. The topological polar surface area (TPSA) is 72.6 Å². The first-order valence-electron chi connectivity index (χ1n) is 8.66. The summed E-state index contributed by atoms with van der Waals surface area (Å²) < 4.78 is 5.93. The van der Waals surface area contributed by atoms with Crippen LogP contribution in [0.1, 0.15) is 36.6 Å². The molecule has 2 unspecified atom stereocenters. The largest absolute Gasteiger partial charge is 0.493 e. The lowest BCUT2D eigenvalue weighted by Gasteiger charge is -2.32. The molecule has 4 nitrogen and oxygen atoms in total. The minimum absolute atomic E-state index is 0.00666. The molecule has 25 heavy (non-hydrogen) atoms. The third kappa shape index (κ3) is 3.46. The number of ether oxygens (including phenoxy) is 1. The van der Waals surface area contributed by atoms with Gasteiger partial charge in [0.1, 0.15) is 5.75 Å². The monoisotopic (exact) mass is 339 g/mol. The van der Waals surface area contributed by atoms with Crippen LogP contribution in [0, 0.1) is 5.92 Å². The summed E-state index contributed by atoms with van der Waals surface area (Å²) in [6.45, 7) is 4.19. The highest BCUT2D eigenvalue weighted by molar-refractivity contribution is 5.90. The number of benzene rings is 2. The van der Waals surface area contributed by atoms with E-state index in [4.69, 9.17) is 10.5 Å². The van der Waals surface area contributed by atoms with Gasteiger partial charge in [-0.1, -0.05) is 42.5 Å². The number of rotatable bonds is 5. The Kier molecular flexibility index (Phi) is 4.93. The van der Waals surface area contributed by atoms with Crippen molar-refractivity contribution in [1.29, 1.82) is 0 Å². The van der Waals surface area contributed by atoms with E-state index in [9.17, 15) is 9.90 Å². The number of hydrogen-bond acceptors (Lipinski definition) is 4. The van der Waals surface area contributed by atoms with Crippen LogP contribution in [-0.4, -0.2) is 24.0 Å². The molecule has 2 atom stereocenters. The highest BCUT2D eigenvalue weighted by atomic mass is 16.5. The van der Waals surface area contributed by atoms with Crippen molar-refractivity contribution in [3.8, 4) is 5.75 Å². The molecule has 0 fully saturated rings. The normalized spacial score (nSPS) is 19.8. The molecule has 0 aliphatic carbocycles. The molecule has 0 aromatic heterocycles. The van der Waals surface area contributed by atoms with E-state index >= 15 is 0 Å². The van der Waals surface area contributed by atoms with E-state index < -0.39 is 11.5 Å². The number of hydrogen-bond donors (Lipinski definition) is 2. The third-order valence-electron chi connectivity index (χ3n) is 5.18. The van der Waals surface area contributed by atoms with Crippen molar-refractivity contribution in [3.63, 3.8) is 0 Å². The number of Topliss-reactive ketones (excluding diaryl/α,β-unsaturated/α-hetero) is 1. The summed E-state index contributed by atoms with van der Waals surface area (Å²) in [4.78, 5) is 12.1. The van der Waals surface area contributed by atoms with Crippen molar-refractivity contribution in [2.24, 2.45) is 11.7 Å². The average Bonchev–Trinajstić information content (AvgIpc) is 2.64. The van der Waals surface area contributed by atoms with Crippen LogP contribution in [0.25, 0.3) is 0 Å². The molecular weight excluding hydrogens is 314 g/mol. The quantitative estimate of drug-likeness (QED) is 0.878. The smallest absolute Gasteiger partial charge is 0.156 e. The first-order chi connectivity index (χ1) is 11.9. The highest BCUT2D eigenvalue weighted by Gasteiger charge is 2.33.